The molecule has 2 heterocycles. The van der Waals surface area contributed by atoms with Crippen LogP contribution in [0.25, 0.3) is 0 Å². The van der Waals surface area contributed by atoms with Gasteiger partial charge in [0.25, 0.3) is 0 Å². The summed E-state index contributed by atoms with van der Waals surface area (Å²) in [6.07, 6.45) is 5.02. The smallest absolute Gasteiger partial charge is 0.318 e. The van der Waals surface area contributed by atoms with Crippen LogP contribution in [0.1, 0.15) is 30.3 Å². The molecule has 0 aliphatic carbocycles. The molecule has 1 atom stereocenters. The van der Waals surface area contributed by atoms with Crippen molar-refractivity contribution in [3.63, 3.8) is 0 Å². The Morgan fingerprint density at radius 3 is 2.80 bits per heavy atom. The first-order chi connectivity index (χ1) is 12.1. The second-order valence-corrected chi connectivity index (χ2v) is 6.45. The third-order valence-electron chi connectivity index (χ3n) is 4.73. The van der Waals surface area contributed by atoms with Crippen molar-refractivity contribution in [3.8, 4) is 0 Å². The molecular weight excluding hydrogens is 323 g/mol. The summed E-state index contributed by atoms with van der Waals surface area (Å²) < 4.78 is 15.5. The second kappa shape index (κ2) is 7.65. The van der Waals surface area contributed by atoms with Gasteiger partial charge in [-0.05, 0) is 36.5 Å². The first-order valence-corrected chi connectivity index (χ1v) is 8.47. The van der Waals surface area contributed by atoms with Crippen LogP contribution in [-0.4, -0.2) is 45.3 Å². The molecule has 3 rings (SSSR count). The summed E-state index contributed by atoms with van der Waals surface area (Å²) in [7, 11) is 1.84. The summed E-state index contributed by atoms with van der Waals surface area (Å²) in [4.78, 5) is 18.7. The van der Waals surface area contributed by atoms with Crippen molar-refractivity contribution in [2.75, 3.05) is 19.7 Å². The maximum Gasteiger partial charge on any atom is 0.318 e. The van der Waals surface area contributed by atoms with Crippen LogP contribution in [0.3, 0.4) is 0 Å². The van der Waals surface area contributed by atoms with E-state index in [1.807, 2.05) is 11.6 Å². The Morgan fingerprint density at radius 2 is 2.20 bits per heavy atom. The lowest BCUT2D eigenvalue weighted by Gasteiger charge is -2.32. The molecule has 1 aromatic heterocycles. The van der Waals surface area contributed by atoms with Gasteiger partial charge in [-0.2, -0.15) is 0 Å². The van der Waals surface area contributed by atoms with Crippen molar-refractivity contribution in [2.45, 2.75) is 18.9 Å². The fourth-order valence-corrected chi connectivity index (χ4v) is 3.17. The van der Waals surface area contributed by atoms with Gasteiger partial charge in [0, 0.05) is 39.1 Å². The number of amides is 2. The first-order valence-electron chi connectivity index (χ1n) is 8.47. The number of halogens is 1. The molecule has 2 aromatic rings. The van der Waals surface area contributed by atoms with Gasteiger partial charge in [0.05, 0.1) is 0 Å². The predicted octanol–water partition coefficient (Wildman–Crippen LogP) is 2.06. The molecule has 25 heavy (non-hydrogen) atoms. The summed E-state index contributed by atoms with van der Waals surface area (Å²) in [6, 6.07) is 5.46. The lowest BCUT2D eigenvalue weighted by molar-refractivity contribution is 0.136. The van der Waals surface area contributed by atoms with Gasteiger partial charge >= 0.3 is 6.03 Å². The number of rotatable bonds is 4. The van der Waals surface area contributed by atoms with Gasteiger partial charge in [-0.25, -0.2) is 14.2 Å². The number of hydrogen-bond acceptors (Lipinski definition) is 3. The highest BCUT2D eigenvalue weighted by molar-refractivity contribution is 5.75. The number of aliphatic hydroxyl groups is 1. The Balaban J connectivity index is 1.79. The number of aromatic nitrogens is 2. The number of urea groups is 1. The van der Waals surface area contributed by atoms with Crippen LogP contribution in [0.5, 0.6) is 0 Å². The molecule has 1 aliphatic heterocycles. The zero-order valence-corrected chi connectivity index (χ0v) is 14.2. The molecule has 0 radical (unpaired) electrons. The Bertz CT molecular complexity index is 725. The van der Waals surface area contributed by atoms with Crippen LogP contribution in [0.2, 0.25) is 0 Å². The fraction of sp³-hybridized carbons (Fsp3) is 0.444. The van der Waals surface area contributed by atoms with Crippen LogP contribution >= 0.6 is 0 Å². The minimum Gasteiger partial charge on any atom is -0.396 e. The maximum absolute atomic E-state index is 13.7. The summed E-state index contributed by atoms with van der Waals surface area (Å²) in [5, 5.41) is 12.2. The number of aliphatic hydroxyl groups excluding tert-OH is 1. The molecule has 1 saturated heterocycles. The Kier molecular flexibility index (Phi) is 5.33. The van der Waals surface area contributed by atoms with E-state index in [-0.39, 0.29) is 24.4 Å². The van der Waals surface area contributed by atoms with E-state index in [1.165, 1.54) is 12.1 Å². The van der Waals surface area contributed by atoms with Crippen LogP contribution < -0.4 is 5.32 Å². The van der Waals surface area contributed by atoms with E-state index in [0.29, 0.717) is 24.5 Å². The molecule has 1 aliphatic rings. The number of hydrogen-bond donors (Lipinski definition) is 2. The molecule has 1 aromatic carbocycles. The fourth-order valence-electron chi connectivity index (χ4n) is 3.17. The zero-order valence-electron chi connectivity index (χ0n) is 14.2. The molecule has 1 fully saturated rings. The van der Waals surface area contributed by atoms with Crippen molar-refractivity contribution in [2.24, 2.45) is 13.0 Å². The Labute approximate surface area is 146 Å². The molecule has 0 unspecified atom stereocenters. The number of aryl methyl sites for hydroxylation is 1. The van der Waals surface area contributed by atoms with E-state index in [0.717, 1.165) is 12.8 Å². The topological polar surface area (TPSA) is 70.4 Å². The largest absolute Gasteiger partial charge is 0.396 e. The van der Waals surface area contributed by atoms with Gasteiger partial charge in [-0.3, -0.25) is 0 Å². The highest BCUT2D eigenvalue weighted by Gasteiger charge is 2.26. The van der Waals surface area contributed by atoms with Crippen LogP contribution in [0.15, 0.2) is 36.7 Å². The van der Waals surface area contributed by atoms with Crippen LogP contribution in [-0.2, 0) is 7.05 Å². The highest BCUT2D eigenvalue weighted by atomic mass is 19.1. The summed E-state index contributed by atoms with van der Waals surface area (Å²) >= 11 is 0. The zero-order chi connectivity index (χ0) is 17.8. The van der Waals surface area contributed by atoms with Crippen molar-refractivity contribution in [1.29, 1.82) is 0 Å². The quantitative estimate of drug-likeness (QED) is 0.890. The normalized spacial score (nSPS) is 16.7. The average molecular weight is 346 g/mol. The monoisotopic (exact) mass is 346 g/mol. The number of piperidine rings is 1. The lowest BCUT2D eigenvalue weighted by atomic mass is 9.98. The number of likely N-dealkylation sites (tertiary alicyclic amines) is 1. The van der Waals surface area contributed by atoms with Crippen molar-refractivity contribution in [1.82, 2.24) is 19.8 Å². The first kappa shape index (κ1) is 17.4. The molecule has 0 spiro atoms. The van der Waals surface area contributed by atoms with Gasteiger partial charge in [-0.15, -0.1) is 0 Å². The number of carbonyl (C=O) groups is 1. The molecule has 0 saturated carbocycles. The number of imidazole rings is 1. The molecule has 0 bridgehead atoms. The van der Waals surface area contributed by atoms with Crippen LogP contribution in [0.4, 0.5) is 9.18 Å². The molecule has 6 nitrogen and oxygen atoms in total. The predicted molar refractivity (Wildman–Crippen MR) is 91.4 cm³/mol. The number of carbonyl (C=O) groups excluding carboxylic acids is 1. The van der Waals surface area contributed by atoms with E-state index in [2.05, 4.69) is 10.3 Å². The van der Waals surface area contributed by atoms with E-state index in [4.69, 9.17) is 0 Å². The Hall–Kier alpha value is -2.41. The third-order valence-corrected chi connectivity index (χ3v) is 4.73. The molecule has 2 N–H and O–H groups in total. The minimum atomic E-state index is -0.529. The minimum absolute atomic E-state index is 0.161. The van der Waals surface area contributed by atoms with E-state index in [9.17, 15) is 14.3 Å². The number of nitrogens with zero attached hydrogens (tertiary/aromatic N) is 3. The molecular formula is C18H23FN4O2. The van der Waals surface area contributed by atoms with Gasteiger partial charge < -0.3 is 19.9 Å². The van der Waals surface area contributed by atoms with Gasteiger partial charge in [0.1, 0.15) is 17.7 Å². The lowest BCUT2D eigenvalue weighted by Crippen LogP contribution is -2.46. The van der Waals surface area contributed by atoms with E-state index >= 15 is 0 Å². The Morgan fingerprint density at radius 1 is 1.44 bits per heavy atom. The second-order valence-electron chi connectivity index (χ2n) is 6.45. The average Bonchev–Trinajstić information content (AvgIpc) is 3.05. The van der Waals surface area contributed by atoms with Crippen molar-refractivity contribution in [3.05, 3.63) is 53.9 Å². The van der Waals surface area contributed by atoms with Crippen molar-refractivity contribution >= 4 is 6.03 Å². The van der Waals surface area contributed by atoms with Gasteiger partial charge in [0.2, 0.25) is 0 Å². The third kappa shape index (κ3) is 3.99. The van der Waals surface area contributed by atoms with E-state index < -0.39 is 6.04 Å². The molecule has 7 heteroatoms. The van der Waals surface area contributed by atoms with E-state index in [1.54, 1.807) is 29.4 Å². The van der Waals surface area contributed by atoms with Crippen molar-refractivity contribution < 1.29 is 14.3 Å². The van der Waals surface area contributed by atoms with Gasteiger partial charge in [0.15, 0.2) is 0 Å². The summed E-state index contributed by atoms with van der Waals surface area (Å²) in [5.74, 6) is 0.552. The summed E-state index contributed by atoms with van der Waals surface area (Å²) in [5.41, 5.74) is 0.646. The summed E-state index contributed by atoms with van der Waals surface area (Å²) in [6.45, 7) is 1.37. The number of nitrogens with one attached hydrogen (secondary N) is 1. The molecule has 134 valence electrons. The molecule has 2 amide bonds. The van der Waals surface area contributed by atoms with Crippen LogP contribution in [0, 0.1) is 11.7 Å². The number of benzene rings is 1. The SMILES string of the molecule is Cn1ccnc1[C@H](NC(=O)N1CCC(CO)CC1)c1cccc(F)c1. The van der Waals surface area contributed by atoms with Gasteiger partial charge in [-0.1, -0.05) is 12.1 Å². The maximum atomic E-state index is 13.7. The highest BCUT2D eigenvalue weighted by Crippen LogP contribution is 2.23. The standard InChI is InChI=1S/C18H23FN4O2/c1-22-10-7-20-17(22)16(14-3-2-4-15(19)11-14)21-18(25)23-8-5-13(12-24)6-9-23/h2-4,7,10-11,13,16,24H,5-6,8-9,12H2,1H3,(H,21,25)/t16-/m1/s1.